The van der Waals surface area contributed by atoms with E-state index >= 15 is 0 Å². The molecule has 110 valence electrons. The largest absolute Gasteiger partial charge is 0.330 e. The van der Waals surface area contributed by atoms with Crippen LogP contribution in [0, 0.1) is 17.5 Å². The SMILES string of the molecule is CCN(CC)CC(C)n1c(=S)[nH]c2cc(F)c(C)cc21. The van der Waals surface area contributed by atoms with Gasteiger partial charge >= 0.3 is 0 Å². The van der Waals surface area contributed by atoms with Crippen molar-refractivity contribution in [1.29, 1.82) is 0 Å². The van der Waals surface area contributed by atoms with Gasteiger partial charge in [0.25, 0.3) is 0 Å². The minimum Gasteiger partial charge on any atom is -0.330 e. The molecule has 1 N–H and O–H groups in total. The number of rotatable bonds is 5. The molecule has 0 aliphatic heterocycles. The lowest BCUT2D eigenvalue weighted by Crippen LogP contribution is -2.29. The van der Waals surface area contributed by atoms with E-state index in [0.717, 1.165) is 30.7 Å². The lowest BCUT2D eigenvalue weighted by atomic mass is 10.2. The number of H-pyrrole nitrogens is 1. The summed E-state index contributed by atoms with van der Waals surface area (Å²) in [6.45, 7) is 11.2. The summed E-state index contributed by atoms with van der Waals surface area (Å²) in [6, 6.07) is 3.65. The molecule has 0 aliphatic carbocycles. The van der Waals surface area contributed by atoms with Crippen molar-refractivity contribution in [3.63, 3.8) is 0 Å². The Morgan fingerprint density at radius 2 is 2.00 bits per heavy atom. The molecule has 5 heteroatoms. The lowest BCUT2D eigenvalue weighted by molar-refractivity contribution is 0.262. The Hall–Kier alpha value is -1.20. The smallest absolute Gasteiger partial charge is 0.178 e. The fourth-order valence-corrected chi connectivity index (χ4v) is 3.01. The quantitative estimate of drug-likeness (QED) is 0.841. The summed E-state index contributed by atoms with van der Waals surface area (Å²) < 4.78 is 16.4. The summed E-state index contributed by atoms with van der Waals surface area (Å²) in [6.07, 6.45) is 0. The van der Waals surface area contributed by atoms with Crippen molar-refractivity contribution in [3.8, 4) is 0 Å². The van der Waals surface area contributed by atoms with E-state index in [1.165, 1.54) is 6.07 Å². The van der Waals surface area contributed by atoms with Gasteiger partial charge in [0.15, 0.2) is 4.77 Å². The van der Waals surface area contributed by atoms with Crippen molar-refractivity contribution in [2.45, 2.75) is 33.7 Å². The van der Waals surface area contributed by atoms with Crippen molar-refractivity contribution in [1.82, 2.24) is 14.5 Å². The van der Waals surface area contributed by atoms with Crippen molar-refractivity contribution in [3.05, 3.63) is 28.3 Å². The number of nitrogens with one attached hydrogen (secondary N) is 1. The third-order valence-electron chi connectivity index (χ3n) is 3.85. The van der Waals surface area contributed by atoms with Crippen LogP contribution in [0.1, 0.15) is 32.4 Å². The zero-order chi connectivity index (χ0) is 14.9. The minimum absolute atomic E-state index is 0.197. The van der Waals surface area contributed by atoms with E-state index in [1.54, 1.807) is 6.92 Å². The summed E-state index contributed by atoms with van der Waals surface area (Å²) in [7, 11) is 0. The molecule has 2 aromatic rings. The highest BCUT2D eigenvalue weighted by molar-refractivity contribution is 7.71. The Bertz CT molecular complexity index is 655. The summed E-state index contributed by atoms with van der Waals surface area (Å²) in [4.78, 5) is 5.47. The molecule has 20 heavy (non-hydrogen) atoms. The van der Waals surface area contributed by atoms with Crippen LogP contribution in [0.2, 0.25) is 0 Å². The van der Waals surface area contributed by atoms with Crippen molar-refractivity contribution in [2.24, 2.45) is 0 Å². The molecule has 1 aromatic heterocycles. The molecular weight excluding hydrogens is 273 g/mol. The lowest BCUT2D eigenvalue weighted by Gasteiger charge is -2.24. The molecule has 0 aliphatic rings. The van der Waals surface area contributed by atoms with Crippen LogP contribution in [0.3, 0.4) is 0 Å². The number of hydrogen-bond donors (Lipinski definition) is 1. The fraction of sp³-hybridized carbons (Fsp3) is 0.533. The summed E-state index contributed by atoms with van der Waals surface area (Å²) in [5, 5.41) is 0. The second-order valence-corrected chi connectivity index (χ2v) is 5.64. The van der Waals surface area contributed by atoms with Gasteiger partial charge in [-0.15, -0.1) is 0 Å². The first kappa shape index (κ1) is 15.2. The number of fused-ring (bicyclic) bond motifs is 1. The Morgan fingerprint density at radius 1 is 1.35 bits per heavy atom. The summed E-state index contributed by atoms with van der Waals surface area (Å²) >= 11 is 5.41. The number of nitrogens with zero attached hydrogens (tertiary/aromatic N) is 2. The second-order valence-electron chi connectivity index (χ2n) is 5.25. The van der Waals surface area contributed by atoms with Crippen LogP contribution in [0.4, 0.5) is 4.39 Å². The van der Waals surface area contributed by atoms with Crippen LogP contribution in [0.25, 0.3) is 11.0 Å². The van der Waals surface area contributed by atoms with Crippen LogP contribution in [0.5, 0.6) is 0 Å². The number of imidazole rings is 1. The molecule has 3 nitrogen and oxygen atoms in total. The molecule has 0 radical (unpaired) electrons. The maximum absolute atomic E-state index is 13.6. The van der Waals surface area contributed by atoms with Gasteiger partial charge in [-0.2, -0.15) is 0 Å². The van der Waals surface area contributed by atoms with Gasteiger partial charge in [-0.3, -0.25) is 0 Å². The molecule has 0 amide bonds. The monoisotopic (exact) mass is 295 g/mol. The van der Waals surface area contributed by atoms with Crippen LogP contribution in [-0.2, 0) is 0 Å². The third-order valence-corrected chi connectivity index (χ3v) is 4.15. The molecule has 0 saturated carbocycles. The summed E-state index contributed by atoms with van der Waals surface area (Å²) in [5.41, 5.74) is 2.40. The van der Waals surface area contributed by atoms with Gasteiger partial charge < -0.3 is 14.5 Å². The highest BCUT2D eigenvalue weighted by Crippen LogP contribution is 2.22. The molecule has 0 spiro atoms. The number of likely N-dealkylation sites (N-methyl/N-ethyl adjacent to an activating group) is 1. The minimum atomic E-state index is -0.197. The first-order chi connectivity index (χ1) is 9.47. The topological polar surface area (TPSA) is 24.0 Å². The summed E-state index contributed by atoms with van der Waals surface area (Å²) in [5.74, 6) is -0.197. The Kier molecular flexibility index (Phi) is 4.60. The van der Waals surface area contributed by atoms with Crippen LogP contribution in [-0.4, -0.2) is 34.1 Å². The number of benzene rings is 1. The second kappa shape index (κ2) is 6.06. The normalized spacial score (nSPS) is 13.3. The van der Waals surface area contributed by atoms with E-state index in [9.17, 15) is 4.39 Å². The van der Waals surface area contributed by atoms with Gasteiger partial charge in [-0.25, -0.2) is 4.39 Å². The average Bonchev–Trinajstić information content (AvgIpc) is 2.71. The van der Waals surface area contributed by atoms with Crippen molar-refractivity contribution < 1.29 is 4.39 Å². The molecule has 1 heterocycles. The predicted octanol–water partition coefficient (Wildman–Crippen LogP) is 4.05. The zero-order valence-corrected chi connectivity index (χ0v) is 13.4. The van der Waals surface area contributed by atoms with E-state index in [4.69, 9.17) is 12.2 Å². The van der Waals surface area contributed by atoms with Gasteiger partial charge in [0, 0.05) is 12.6 Å². The average molecular weight is 295 g/mol. The molecule has 0 bridgehead atoms. The Balaban J connectivity index is 2.45. The molecule has 2 rings (SSSR count). The molecule has 0 saturated heterocycles. The third kappa shape index (κ3) is 2.79. The molecular formula is C15H22FN3S. The van der Waals surface area contributed by atoms with Crippen LogP contribution >= 0.6 is 12.2 Å². The van der Waals surface area contributed by atoms with E-state index in [2.05, 4.69) is 35.2 Å². The van der Waals surface area contributed by atoms with Crippen LogP contribution in [0.15, 0.2) is 12.1 Å². The maximum atomic E-state index is 13.6. The molecule has 0 fully saturated rings. The van der Waals surface area contributed by atoms with E-state index in [1.807, 2.05) is 6.07 Å². The van der Waals surface area contributed by atoms with Crippen LogP contribution < -0.4 is 0 Å². The number of aromatic amines is 1. The molecule has 1 atom stereocenters. The van der Waals surface area contributed by atoms with Gasteiger partial charge in [0.05, 0.1) is 11.0 Å². The number of hydrogen-bond acceptors (Lipinski definition) is 2. The number of aryl methyl sites for hydroxylation is 1. The first-order valence-corrected chi connectivity index (χ1v) is 7.51. The number of aromatic nitrogens is 2. The van der Waals surface area contributed by atoms with Gasteiger partial charge in [0.2, 0.25) is 0 Å². The highest BCUT2D eigenvalue weighted by Gasteiger charge is 2.15. The predicted molar refractivity (Wildman–Crippen MR) is 84.3 cm³/mol. The molecule has 1 unspecified atom stereocenters. The molecule has 1 aromatic carbocycles. The maximum Gasteiger partial charge on any atom is 0.178 e. The van der Waals surface area contributed by atoms with Crippen molar-refractivity contribution >= 4 is 23.3 Å². The standard InChI is InChI=1S/C15H22FN3S/c1-5-18(6-2)9-11(4)19-14-7-10(3)12(16)8-13(14)17-15(19)20/h7-8,11H,5-6,9H2,1-4H3,(H,17,20). The van der Waals surface area contributed by atoms with E-state index in [0.29, 0.717) is 10.3 Å². The van der Waals surface area contributed by atoms with Gasteiger partial charge in [0.1, 0.15) is 5.82 Å². The highest BCUT2D eigenvalue weighted by atomic mass is 32.1. The zero-order valence-electron chi connectivity index (χ0n) is 12.5. The van der Waals surface area contributed by atoms with E-state index in [-0.39, 0.29) is 11.9 Å². The Morgan fingerprint density at radius 3 is 2.60 bits per heavy atom. The number of halogens is 1. The van der Waals surface area contributed by atoms with Gasteiger partial charge in [-0.1, -0.05) is 13.8 Å². The van der Waals surface area contributed by atoms with Gasteiger partial charge in [-0.05, 0) is 56.9 Å². The Labute approximate surface area is 124 Å². The first-order valence-electron chi connectivity index (χ1n) is 7.10. The van der Waals surface area contributed by atoms with Crippen molar-refractivity contribution in [2.75, 3.05) is 19.6 Å². The fourth-order valence-electron chi connectivity index (χ4n) is 2.63. The van der Waals surface area contributed by atoms with E-state index < -0.39 is 0 Å².